The van der Waals surface area contributed by atoms with Gasteiger partial charge in [-0.1, -0.05) is 6.07 Å². The van der Waals surface area contributed by atoms with Gasteiger partial charge in [0.15, 0.2) is 5.58 Å². The van der Waals surface area contributed by atoms with E-state index in [4.69, 9.17) is 9.68 Å². The maximum atomic E-state index is 11.8. The fraction of sp³-hybridized carbons (Fsp3) is 0.118. The van der Waals surface area contributed by atoms with Crippen LogP contribution in [0.15, 0.2) is 45.3 Å². The number of nitriles is 1. The van der Waals surface area contributed by atoms with E-state index in [0.717, 1.165) is 38.5 Å². The molecule has 1 amide bonds. The highest BCUT2D eigenvalue weighted by Crippen LogP contribution is 2.31. The number of hydrogen-bond acceptors (Lipinski definition) is 5. The number of rotatable bonds is 4. The van der Waals surface area contributed by atoms with Crippen LogP contribution < -0.4 is 5.32 Å². The van der Waals surface area contributed by atoms with Crippen molar-refractivity contribution in [2.75, 3.05) is 11.1 Å². The van der Waals surface area contributed by atoms with E-state index in [1.54, 1.807) is 6.07 Å². The van der Waals surface area contributed by atoms with Gasteiger partial charge in [-0.05, 0) is 70.5 Å². The van der Waals surface area contributed by atoms with Gasteiger partial charge in [-0.25, -0.2) is 4.98 Å². The van der Waals surface area contributed by atoms with Crippen molar-refractivity contribution in [2.24, 2.45) is 0 Å². The minimum Gasteiger partial charge on any atom is -0.436 e. The molecular weight excluding hydrogens is 390 g/mol. The molecule has 0 aliphatic heterocycles. The van der Waals surface area contributed by atoms with E-state index >= 15 is 0 Å². The zero-order valence-electron chi connectivity index (χ0n) is 12.7. The Labute approximate surface area is 151 Å². The monoisotopic (exact) mass is 401 g/mol. The lowest BCUT2D eigenvalue weighted by Crippen LogP contribution is -2.14. The van der Waals surface area contributed by atoms with Crippen molar-refractivity contribution in [2.45, 2.75) is 6.92 Å². The molecule has 3 rings (SSSR count). The van der Waals surface area contributed by atoms with E-state index in [1.807, 2.05) is 42.7 Å². The molecule has 0 aliphatic carbocycles. The quantitative estimate of drug-likeness (QED) is 0.639. The summed E-state index contributed by atoms with van der Waals surface area (Å²) in [4.78, 5) is 16.3. The van der Waals surface area contributed by atoms with E-state index < -0.39 is 0 Å². The van der Waals surface area contributed by atoms with Crippen molar-refractivity contribution in [3.63, 3.8) is 0 Å². The third kappa shape index (κ3) is 3.61. The molecule has 1 aromatic heterocycles. The summed E-state index contributed by atoms with van der Waals surface area (Å²) >= 11 is 4.30. The highest BCUT2D eigenvalue weighted by Gasteiger charge is 2.12. The molecule has 3 aromatic rings. The van der Waals surface area contributed by atoms with Crippen LogP contribution in [0.5, 0.6) is 0 Å². The SMILES string of the molecule is Cc1ccc2oc(-c3ccc(Br)c(NC(=O)CSC#N)c3)nc2c1. The molecule has 5 nitrogen and oxygen atoms in total. The number of carbonyl (C=O) groups is 1. The van der Waals surface area contributed by atoms with Gasteiger partial charge in [0.05, 0.1) is 11.4 Å². The number of anilines is 1. The summed E-state index contributed by atoms with van der Waals surface area (Å²) in [5.74, 6) is 0.326. The van der Waals surface area contributed by atoms with Gasteiger partial charge in [0.2, 0.25) is 11.8 Å². The topological polar surface area (TPSA) is 78.9 Å². The number of thioether (sulfide) groups is 1. The summed E-state index contributed by atoms with van der Waals surface area (Å²) in [7, 11) is 0. The first-order chi connectivity index (χ1) is 11.6. The van der Waals surface area contributed by atoms with Crippen LogP contribution in [0.3, 0.4) is 0 Å². The minimum absolute atomic E-state index is 0.0787. The van der Waals surface area contributed by atoms with Gasteiger partial charge in [-0.2, -0.15) is 5.26 Å². The summed E-state index contributed by atoms with van der Waals surface area (Å²) in [6.45, 7) is 2.00. The molecular formula is C17H12BrN3O2S. The second-order valence-corrected chi connectivity index (χ2v) is 6.73. The van der Waals surface area contributed by atoms with Crippen molar-refractivity contribution in [3.05, 3.63) is 46.4 Å². The van der Waals surface area contributed by atoms with Gasteiger partial charge in [-0.15, -0.1) is 0 Å². The Balaban J connectivity index is 1.92. The van der Waals surface area contributed by atoms with Crippen molar-refractivity contribution >= 4 is 50.4 Å². The van der Waals surface area contributed by atoms with E-state index in [0.29, 0.717) is 11.6 Å². The molecule has 0 bridgehead atoms. The lowest BCUT2D eigenvalue weighted by atomic mass is 10.2. The molecule has 0 spiro atoms. The summed E-state index contributed by atoms with van der Waals surface area (Å²) in [6, 6.07) is 11.3. The second kappa shape index (κ2) is 7.07. The lowest BCUT2D eigenvalue weighted by Gasteiger charge is -2.07. The molecule has 0 atom stereocenters. The number of thiocyanates is 1. The van der Waals surface area contributed by atoms with Gasteiger partial charge in [-0.3, -0.25) is 4.79 Å². The van der Waals surface area contributed by atoms with Crippen molar-refractivity contribution < 1.29 is 9.21 Å². The second-order valence-electron chi connectivity index (χ2n) is 5.11. The zero-order valence-corrected chi connectivity index (χ0v) is 15.1. The molecule has 1 N–H and O–H groups in total. The number of nitrogens with zero attached hydrogens (tertiary/aromatic N) is 2. The number of halogens is 1. The highest BCUT2D eigenvalue weighted by molar-refractivity contribution is 9.10. The van der Waals surface area contributed by atoms with Crippen LogP contribution in [0.25, 0.3) is 22.6 Å². The number of carbonyl (C=O) groups excluding carboxylic acids is 1. The number of fused-ring (bicyclic) bond motifs is 1. The first-order valence-corrected chi connectivity index (χ1v) is 8.82. The number of hydrogen-bond donors (Lipinski definition) is 1. The average Bonchev–Trinajstić information content (AvgIpc) is 2.98. The molecule has 0 unspecified atom stereocenters. The summed E-state index contributed by atoms with van der Waals surface area (Å²) in [5.41, 5.74) is 3.99. The van der Waals surface area contributed by atoms with Gasteiger partial charge >= 0.3 is 0 Å². The first kappa shape index (κ1) is 16.6. The Hall–Kier alpha value is -2.30. The highest BCUT2D eigenvalue weighted by atomic mass is 79.9. The smallest absolute Gasteiger partial charge is 0.235 e. The van der Waals surface area contributed by atoms with Crippen molar-refractivity contribution in [3.8, 4) is 16.9 Å². The van der Waals surface area contributed by atoms with Crippen LogP contribution in [0.1, 0.15) is 5.56 Å². The van der Waals surface area contributed by atoms with Gasteiger partial charge < -0.3 is 9.73 Å². The average molecular weight is 402 g/mol. The first-order valence-electron chi connectivity index (χ1n) is 7.04. The Morgan fingerprint density at radius 2 is 2.21 bits per heavy atom. The lowest BCUT2D eigenvalue weighted by molar-refractivity contribution is -0.113. The maximum Gasteiger partial charge on any atom is 0.235 e. The van der Waals surface area contributed by atoms with Crippen molar-refractivity contribution in [1.82, 2.24) is 4.98 Å². The molecule has 24 heavy (non-hydrogen) atoms. The largest absolute Gasteiger partial charge is 0.436 e. The predicted octanol–water partition coefficient (Wildman–Crippen LogP) is 4.72. The van der Waals surface area contributed by atoms with Crippen LogP contribution in [-0.4, -0.2) is 16.6 Å². The third-order valence-electron chi connectivity index (χ3n) is 3.30. The van der Waals surface area contributed by atoms with Crippen LogP contribution in [0.2, 0.25) is 0 Å². The molecule has 0 saturated heterocycles. The van der Waals surface area contributed by atoms with Gasteiger partial charge in [0, 0.05) is 10.0 Å². The van der Waals surface area contributed by atoms with Crippen LogP contribution in [0.4, 0.5) is 5.69 Å². The predicted molar refractivity (Wildman–Crippen MR) is 98.6 cm³/mol. The Bertz CT molecular complexity index is 962. The summed E-state index contributed by atoms with van der Waals surface area (Å²) in [5, 5.41) is 13.2. The Morgan fingerprint density at radius 3 is 3.00 bits per heavy atom. The summed E-state index contributed by atoms with van der Waals surface area (Å²) in [6.07, 6.45) is 0. The van der Waals surface area contributed by atoms with Crippen molar-refractivity contribution in [1.29, 1.82) is 5.26 Å². The number of aromatic nitrogens is 1. The normalized spacial score (nSPS) is 10.5. The fourth-order valence-electron chi connectivity index (χ4n) is 2.20. The van der Waals surface area contributed by atoms with Crippen LogP contribution in [-0.2, 0) is 4.79 Å². The molecule has 120 valence electrons. The molecule has 0 radical (unpaired) electrons. The van der Waals surface area contributed by atoms with Crippen LogP contribution >= 0.6 is 27.7 Å². The molecule has 2 aromatic carbocycles. The number of aryl methyl sites for hydroxylation is 1. The van der Waals surface area contributed by atoms with Gasteiger partial charge in [0.25, 0.3) is 0 Å². The molecule has 0 aliphatic rings. The number of amides is 1. The van der Waals surface area contributed by atoms with Gasteiger partial charge in [0.1, 0.15) is 10.9 Å². The number of oxazole rings is 1. The standard InChI is InChI=1S/C17H12BrN3O2S/c1-10-2-5-15-14(6-10)21-17(23-15)11-3-4-12(18)13(7-11)20-16(22)8-24-9-19/h2-7H,8H2,1H3,(H,20,22). The summed E-state index contributed by atoms with van der Waals surface area (Å²) < 4.78 is 6.53. The minimum atomic E-state index is -0.243. The van der Waals surface area contributed by atoms with E-state index in [9.17, 15) is 4.79 Å². The molecule has 1 heterocycles. The van der Waals surface area contributed by atoms with E-state index in [-0.39, 0.29) is 11.7 Å². The Morgan fingerprint density at radius 1 is 1.38 bits per heavy atom. The fourth-order valence-corrected chi connectivity index (χ4v) is 2.81. The number of nitrogens with one attached hydrogen (secondary N) is 1. The van der Waals surface area contributed by atoms with E-state index in [1.165, 1.54) is 0 Å². The maximum absolute atomic E-state index is 11.8. The van der Waals surface area contributed by atoms with Crippen LogP contribution in [0, 0.1) is 17.6 Å². The number of benzene rings is 2. The Kier molecular flexibility index (Phi) is 4.88. The molecule has 0 fully saturated rings. The molecule has 0 saturated carbocycles. The van der Waals surface area contributed by atoms with E-state index in [2.05, 4.69) is 26.2 Å². The third-order valence-corrected chi connectivity index (χ3v) is 4.53. The molecule has 7 heteroatoms. The zero-order chi connectivity index (χ0) is 17.1.